The predicted molar refractivity (Wildman–Crippen MR) is 83.4 cm³/mol. The van der Waals surface area contributed by atoms with Gasteiger partial charge in [-0.1, -0.05) is 52.5 Å². The van der Waals surface area contributed by atoms with Crippen LogP contribution in [-0.2, 0) is 0 Å². The topological polar surface area (TPSA) is 42.0 Å². The molecule has 0 atom stereocenters. The molecule has 0 spiro atoms. The molecular formula is C13H8Cl4N2O. The Morgan fingerprint density at radius 3 is 2.40 bits per heavy atom. The van der Waals surface area contributed by atoms with E-state index < -0.39 is 5.91 Å². The van der Waals surface area contributed by atoms with Crippen LogP contribution in [0.15, 0.2) is 24.3 Å². The van der Waals surface area contributed by atoms with E-state index in [2.05, 4.69) is 10.3 Å². The number of carbonyl (C=O) groups excluding carboxylic acids is 1. The number of aryl methyl sites for hydroxylation is 1. The van der Waals surface area contributed by atoms with Crippen LogP contribution in [0, 0.1) is 6.92 Å². The molecule has 20 heavy (non-hydrogen) atoms. The number of halogens is 4. The van der Waals surface area contributed by atoms with Crippen molar-refractivity contribution in [3.63, 3.8) is 0 Å². The number of nitrogens with zero attached hydrogens (tertiary/aromatic N) is 1. The predicted octanol–water partition coefficient (Wildman–Crippen LogP) is 5.26. The molecule has 1 amide bonds. The summed E-state index contributed by atoms with van der Waals surface area (Å²) in [6.45, 7) is 1.80. The molecule has 7 heteroatoms. The lowest BCUT2D eigenvalue weighted by molar-refractivity contribution is 0.102. The van der Waals surface area contributed by atoms with Crippen LogP contribution in [0.3, 0.4) is 0 Å². The minimum atomic E-state index is -0.535. The second-order valence-corrected chi connectivity index (χ2v) is 5.55. The minimum Gasteiger partial charge on any atom is -0.318 e. The van der Waals surface area contributed by atoms with Crippen molar-refractivity contribution in [1.82, 2.24) is 4.98 Å². The summed E-state index contributed by atoms with van der Waals surface area (Å²) in [6, 6.07) is 6.38. The molecule has 2 rings (SSSR count). The molecule has 0 unspecified atom stereocenters. The Labute approximate surface area is 135 Å². The van der Waals surface area contributed by atoms with E-state index in [-0.39, 0.29) is 15.9 Å². The summed E-state index contributed by atoms with van der Waals surface area (Å²) in [7, 11) is 0. The molecule has 2 aromatic rings. The largest absolute Gasteiger partial charge is 0.318 e. The van der Waals surface area contributed by atoms with Gasteiger partial charge in [-0.15, -0.1) is 0 Å². The van der Waals surface area contributed by atoms with Gasteiger partial charge in [-0.25, -0.2) is 4.98 Å². The smallest absolute Gasteiger partial charge is 0.275 e. The number of carbonyl (C=O) groups is 1. The van der Waals surface area contributed by atoms with Crippen molar-refractivity contribution in [1.29, 1.82) is 0 Å². The van der Waals surface area contributed by atoms with E-state index in [9.17, 15) is 4.79 Å². The molecule has 0 saturated carbocycles. The Morgan fingerprint density at radius 1 is 1.05 bits per heavy atom. The van der Waals surface area contributed by atoms with Crippen LogP contribution in [-0.4, -0.2) is 10.9 Å². The van der Waals surface area contributed by atoms with E-state index in [1.165, 1.54) is 12.1 Å². The molecule has 1 aromatic heterocycles. The van der Waals surface area contributed by atoms with E-state index in [1.807, 2.05) is 0 Å². The Morgan fingerprint density at radius 2 is 1.70 bits per heavy atom. The lowest BCUT2D eigenvalue weighted by Gasteiger charge is -2.11. The van der Waals surface area contributed by atoms with Crippen LogP contribution < -0.4 is 5.32 Å². The van der Waals surface area contributed by atoms with Crippen molar-refractivity contribution in [2.45, 2.75) is 6.92 Å². The molecule has 3 nitrogen and oxygen atoms in total. The summed E-state index contributed by atoms with van der Waals surface area (Å²) in [5, 5.41) is 3.64. The highest BCUT2D eigenvalue weighted by Gasteiger charge is 2.17. The molecule has 0 aliphatic heterocycles. The molecule has 1 heterocycles. The van der Waals surface area contributed by atoms with Crippen LogP contribution in [0.1, 0.15) is 16.1 Å². The number of pyridine rings is 1. The van der Waals surface area contributed by atoms with Crippen molar-refractivity contribution >= 4 is 58.0 Å². The first-order chi connectivity index (χ1) is 9.40. The first-order valence-electron chi connectivity index (χ1n) is 5.48. The van der Waals surface area contributed by atoms with Gasteiger partial charge in [0.1, 0.15) is 10.8 Å². The molecule has 1 N–H and O–H groups in total. The zero-order chi connectivity index (χ0) is 14.9. The van der Waals surface area contributed by atoms with E-state index >= 15 is 0 Å². The third-order valence-electron chi connectivity index (χ3n) is 2.55. The van der Waals surface area contributed by atoms with Gasteiger partial charge in [0, 0.05) is 0 Å². The molecule has 104 valence electrons. The van der Waals surface area contributed by atoms with Crippen LogP contribution in [0.2, 0.25) is 20.2 Å². The first-order valence-corrected chi connectivity index (χ1v) is 6.99. The minimum absolute atomic E-state index is 0.00723. The van der Waals surface area contributed by atoms with Crippen molar-refractivity contribution in [2.24, 2.45) is 0 Å². The fourth-order valence-electron chi connectivity index (χ4n) is 1.52. The standard InChI is InChI=1S/C13H8Cl4N2O/c1-6-2-3-7(14)11(10(6)17)19-13(20)12-8(15)4-5-9(16)18-12/h2-5H,1H3,(H,19,20). The monoisotopic (exact) mass is 348 g/mol. The maximum Gasteiger partial charge on any atom is 0.275 e. The lowest BCUT2D eigenvalue weighted by Crippen LogP contribution is -2.15. The summed E-state index contributed by atoms with van der Waals surface area (Å²) in [4.78, 5) is 16.1. The Kier molecular flexibility index (Phi) is 4.76. The fourth-order valence-corrected chi connectivity index (χ4v) is 2.33. The van der Waals surface area contributed by atoms with E-state index in [0.29, 0.717) is 15.7 Å². The second kappa shape index (κ2) is 6.19. The number of nitrogens with one attached hydrogen (secondary N) is 1. The number of anilines is 1. The zero-order valence-corrected chi connectivity index (χ0v) is 13.2. The van der Waals surface area contributed by atoms with Crippen LogP contribution in [0.5, 0.6) is 0 Å². The Hall–Kier alpha value is -1.000. The SMILES string of the molecule is Cc1ccc(Cl)c(NC(=O)c2nc(Cl)ccc2Cl)c1Cl. The number of hydrogen-bond acceptors (Lipinski definition) is 2. The quantitative estimate of drug-likeness (QED) is 0.751. The molecule has 1 aromatic carbocycles. The molecule has 0 aliphatic carbocycles. The van der Waals surface area contributed by atoms with Crippen LogP contribution in [0.25, 0.3) is 0 Å². The second-order valence-electron chi connectivity index (χ2n) is 3.97. The van der Waals surface area contributed by atoms with Crippen LogP contribution >= 0.6 is 46.4 Å². The summed E-state index contributed by atoms with van der Waals surface area (Å²) < 4.78 is 0. The highest BCUT2D eigenvalue weighted by atomic mass is 35.5. The number of benzene rings is 1. The average molecular weight is 350 g/mol. The Balaban J connectivity index is 2.38. The molecule has 0 radical (unpaired) electrons. The van der Waals surface area contributed by atoms with Gasteiger partial charge in [0.25, 0.3) is 5.91 Å². The number of hydrogen-bond donors (Lipinski definition) is 1. The summed E-state index contributed by atoms with van der Waals surface area (Å²) in [5.41, 5.74) is 1.11. The van der Waals surface area contributed by atoms with E-state index in [4.69, 9.17) is 46.4 Å². The van der Waals surface area contributed by atoms with Gasteiger partial charge in [0.2, 0.25) is 0 Å². The Bertz CT molecular complexity index is 688. The van der Waals surface area contributed by atoms with Crippen molar-refractivity contribution in [2.75, 3.05) is 5.32 Å². The number of amides is 1. The number of rotatable bonds is 2. The van der Waals surface area contributed by atoms with Gasteiger partial charge < -0.3 is 5.32 Å². The van der Waals surface area contributed by atoms with Gasteiger partial charge in [-0.3, -0.25) is 4.79 Å². The van der Waals surface area contributed by atoms with Gasteiger partial charge >= 0.3 is 0 Å². The van der Waals surface area contributed by atoms with E-state index in [0.717, 1.165) is 5.56 Å². The molecular weight excluding hydrogens is 342 g/mol. The third-order valence-corrected chi connectivity index (χ3v) is 3.87. The highest BCUT2D eigenvalue weighted by Crippen LogP contribution is 2.33. The summed E-state index contributed by atoms with van der Waals surface area (Å²) in [6.07, 6.45) is 0. The van der Waals surface area contributed by atoms with Gasteiger partial charge in [0.05, 0.1) is 20.8 Å². The van der Waals surface area contributed by atoms with Crippen LogP contribution in [0.4, 0.5) is 5.69 Å². The average Bonchev–Trinajstić information content (AvgIpc) is 2.41. The van der Waals surface area contributed by atoms with Crippen molar-refractivity contribution in [3.05, 3.63) is 55.7 Å². The van der Waals surface area contributed by atoms with Gasteiger partial charge in [-0.2, -0.15) is 0 Å². The van der Waals surface area contributed by atoms with E-state index in [1.54, 1.807) is 19.1 Å². The first kappa shape index (κ1) is 15.4. The maximum atomic E-state index is 12.2. The molecule has 0 saturated heterocycles. The van der Waals surface area contributed by atoms with Crippen molar-refractivity contribution < 1.29 is 4.79 Å². The normalized spacial score (nSPS) is 10.4. The fraction of sp³-hybridized carbons (Fsp3) is 0.0769. The zero-order valence-electron chi connectivity index (χ0n) is 10.2. The van der Waals surface area contributed by atoms with Crippen molar-refractivity contribution in [3.8, 4) is 0 Å². The third kappa shape index (κ3) is 3.18. The summed E-state index contributed by atoms with van der Waals surface area (Å²) >= 11 is 23.8. The summed E-state index contributed by atoms with van der Waals surface area (Å²) in [5.74, 6) is -0.535. The van der Waals surface area contributed by atoms with Gasteiger partial charge in [0.15, 0.2) is 0 Å². The lowest BCUT2D eigenvalue weighted by atomic mass is 10.2. The molecule has 0 fully saturated rings. The maximum absolute atomic E-state index is 12.2. The molecule has 0 aliphatic rings. The highest BCUT2D eigenvalue weighted by molar-refractivity contribution is 6.41. The number of aromatic nitrogens is 1. The van der Waals surface area contributed by atoms with Gasteiger partial charge in [-0.05, 0) is 30.7 Å². The molecule has 0 bridgehead atoms.